The summed E-state index contributed by atoms with van der Waals surface area (Å²) in [7, 11) is 2.08. The van der Waals surface area contributed by atoms with Crippen LogP contribution >= 0.6 is 23.4 Å². The van der Waals surface area contributed by atoms with Crippen LogP contribution in [0.3, 0.4) is 0 Å². The molecule has 2 aliphatic heterocycles. The normalized spacial score (nSPS) is 19.4. The van der Waals surface area contributed by atoms with Crippen molar-refractivity contribution in [2.24, 2.45) is 0 Å². The summed E-state index contributed by atoms with van der Waals surface area (Å²) in [6.45, 7) is 6.65. The van der Waals surface area contributed by atoms with Gasteiger partial charge in [-0.25, -0.2) is 0 Å². The van der Waals surface area contributed by atoms with Gasteiger partial charge in [-0.05, 0) is 73.5 Å². The first-order valence-electron chi connectivity index (χ1n) is 9.74. The second-order valence-electron chi connectivity index (χ2n) is 8.18. The number of halogens is 1. The summed E-state index contributed by atoms with van der Waals surface area (Å²) in [6, 6.07) is 13.4. The lowest BCUT2D eigenvalue weighted by atomic mass is 9.88. The molecule has 2 heterocycles. The van der Waals surface area contributed by atoms with Crippen LogP contribution in [-0.2, 0) is 11.3 Å². The molecule has 1 fully saturated rings. The van der Waals surface area contributed by atoms with Crippen LogP contribution in [0.2, 0.25) is 5.02 Å². The van der Waals surface area contributed by atoms with Gasteiger partial charge in [0.25, 0.3) is 11.1 Å². The number of benzene rings is 2. The third-order valence-corrected chi connectivity index (χ3v) is 6.97. The van der Waals surface area contributed by atoms with Crippen molar-refractivity contribution in [3.05, 3.63) is 75.2 Å². The van der Waals surface area contributed by atoms with Gasteiger partial charge in [-0.15, -0.1) is 0 Å². The van der Waals surface area contributed by atoms with E-state index in [0.717, 1.165) is 34.1 Å². The van der Waals surface area contributed by atoms with Crippen LogP contribution in [0.5, 0.6) is 0 Å². The Morgan fingerprint density at radius 2 is 1.87 bits per heavy atom. The third-order valence-electron chi connectivity index (χ3n) is 5.70. The minimum Gasteiger partial charge on any atom is -0.366 e. The first-order chi connectivity index (χ1) is 14.2. The molecule has 0 N–H and O–H groups in total. The van der Waals surface area contributed by atoms with Gasteiger partial charge in [-0.3, -0.25) is 14.5 Å². The number of rotatable bonds is 3. The second-order valence-corrected chi connectivity index (χ2v) is 9.58. The minimum absolute atomic E-state index is 0.0556. The van der Waals surface area contributed by atoms with Gasteiger partial charge in [0.2, 0.25) is 0 Å². The van der Waals surface area contributed by atoms with Gasteiger partial charge < -0.3 is 4.90 Å². The fraction of sp³-hybridized carbons (Fsp3) is 0.250. The average Bonchev–Trinajstić information content (AvgIpc) is 2.95. The smallest absolute Gasteiger partial charge is 0.293 e. The van der Waals surface area contributed by atoms with E-state index in [0.29, 0.717) is 9.93 Å². The predicted octanol–water partition coefficient (Wildman–Crippen LogP) is 6.21. The van der Waals surface area contributed by atoms with Crippen molar-refractivity contribution in [3.8, 4) is 0 Å². The Morgan fingerprint density at radius 3 is 2.60 bits per heavy atom. The Bertz CT molecular complexity index is 1120. The number of allylic oxidation sites excluding steroid dienone is 1. The zero-order valence-electron chi connectivity index (χ0n) is 17.4. The zero-order chi connectivity index (χ0) is 21.6. The lowest BCUT2D eigenvalue weighted by Crippen LogP contribution is -2.42. The number of nitrogens with zero attached hydrogens (tertiary/aromatic N) is 2. The summed E-state index contributed by atoms with van der Waals surface area (Å²) < 4.78 is 0. The summed E-state index contributed by atoms with van der Waals surface area (Å²) in [4.78, 5) is 29.3. The van der Waals surface area contributed by atoms with Crippen molar-refractivity contribution < 1.29 is 9.59 Å². The van der Waals surface area contributed by atoms with Gasteiger partial charge in [0.15, 0.2) is 0 Å². The third kappa shape index (κ3) is 3.68. The molecule has 6 heteroatoms. The highest BCUT2D eigenvalue weighted by Gasteiger charge is 2.35. The number of hydrogen-bond acceptors (Lipinski definition) is 4. The Labute approximate surface area is 186 Å². The van der Waals surface area contributed by atoms with Crippen LogP contribution in [0.4, 0.5) is 10.5 Å². The number of imide groups is 1. The van der Waals surface area contributed by atoms with E-state index in [4.69, 9.17) is 11.6 Å². The maximum Gasteiger partial charge on any atom is 0.293 e. The Kier molecular flexibility index (Phi) is 5.28. The Hall–Kier alpha value is -2.50. The van der Waals surface area contributed by atoms with Crippen molar-refractivity contribution >= 4 is 51.8 Å². The number of thioether (sulfide) groups is 1. The molecular formula is C24H23ClN2O2S. The number of likely N-dealkylation sites (N-methyl/N-ethyl adjacent to an activating group) is 1. The summed E-state index contributed by atoms with van der Waals surface area (Å²) >= 11 is 7.17. The first kappa shape index (κ1) is 20.8. The molecule has 0 bridgehead atoms. The quantitative estimate of drug-likeness (QED) is 0.534. The molecule has 1 saturated heterocycles. The van der Waals surface area contributed by atoms with E-state index in [-0.39, 0.29) is 23.2 Å². The molecule has 0 aromatic heterocycles. The average molecular weight is 439 g/mol. The molecule has 0 saturated carbocycles. The highest BCUT2D eigenvalue weighted by molar-refractivity contribution is 8.18. The predicted molar refractivity (Wildman–Crippen MR) is 126 cm³/mol. The molecule has 2 aromatic rings. The van der Waals surface area contributed by atoms with Crippen molar-refractivity contribution in [3.63, 3.8) is 0 Å². The van der Waals surface area contributed by atoms with Crippen LogP contribution in [0.15, 0.2) is 53.4 Å². The number of anilines is 1. The number of amides is 2. The summed E-state index contributed by atoms with van der Waals surface area (Å²) in [5, 5.41) is 0.270. The van der Waals surface area contributed by atoms with Crippen LogP contribution < -0.4 is 4.90 Å². The molecule has 0 spiro atoms. The fourth-order valence-electron chi connectivity index (χ4n) is 3.85. The number of hydrogen-bond donors (Lipinski definition) is 0. The van der Waals surface area contributed by atoms with Gasteiger partial charge in [0.1, 0.15) is 0 Å². The van der Waals surface area contributed by atoms with Gasteiger partial charge in [-0.2, -0.15) is 0 Å². The molecule has 0 aliphatic carbocycles. The van der Waals surface area contributed by atoms with Gasteiger partial charge >= 0.3 is 0 Å². The molecule has 0 atom stereocenters. The number of fused-ring (bicyclic) bond motifs is 1. The van der Waals surface area contributed by atoms with Gasteiger partial charge in [0.05, 0.1) is 17.0 Å². The molecule has 2 aliphatic rings. The molecule has 0 unspecified atom stereocenters. The summed E-state index contributed by atoms with van der Waals surface area (Å²) in [5.74, 6) is -0.284. The lowest BCUT2D eigenvalue weighted by Gasteiger charge is -2.40. The van der Waals surface area contributed by atoms with E-state index in [2.05, 4.69) is 50.9 Å². The van der Waals surface area contributed by atoms with E-state index in [1.165, 1.54) is 10.5 Å². The molecule has 154 valence electrons. The molecular weight excluding hydrogens is 416 g/mol. The monoisotopic (exact) mass is 438 g/mol. The van der Waals surface area contributed by atoms with Crippen molar-refractivity contribution in [1.29, 1.82) is 0 Å². The van der Waals surface area contributed by atoms with Crippen LogP contribution in [-0.4, -0.2) is 28.6 Å². The highest BCUT2D eigenvalue weighted by atomic mass is 35.5. The summed E-state index contributed by atoms with van der Waals surface area (Å²) in [5.41, 5.74) is 5.10. The molecule has 4 nitrogen and oxygen atoms in total. The van der Waals surface area contributed by atoms with Crippen LogP contribution in [0, 0.1) is 0 Å². The molecule has 4 rings (SSSR count). The van der Waals surface area contributed by atoms with Gasteiger partial charge in [-0.1, -0.05) is 41.9 Å². The SMILES string of the molecule is CC1=CC(C)(C)N(C)c2ccc(/C=C3/SC(=O)N(Cc4ccccc4Cl)C3=O)cc21. The largest absolute Gasteiger partial charge is 0.366 e. The molecule has 0 radical (unpaired) electrons. The topological polar surface area (TPSA) is 40.6 Å². The maximum atomic E-state index is 12.9. The number of carbonyl (C=O) groups is 2. The van der Waals surface area contributed by atoms with Crippen molar-refractivity contribution in [2.75, 3.05) is 11.9 Å². The molecule has 30 heavy (non-hydrogen) atoms. The first-order valence-corrected chi connectivity index (χ1v) is 10.9. The standard InChI is InChI=1S/C24H23ClN2O2S/c1-15-13-24(2,3)26(4)20-10-9-16(11-18(15)20)12-21-22(28)27(23(29)30-21)14-17-7-5-6-8-19(17)25/h5-13H,14H2,1-4H3/b21-12+. The van der Waals surface area contributed by atoms with Crippen LogP contribution in [0.1, 0.15) is 37.5 Å². The highest BCUT2D eigenvalue weighted by Crippen LogP contribution is 2.39. The van der Waals surface area contributed by atoms with E-state index < -0.39 is 0 Å². The van der Waals surface area contributed by atoms with Crippen LogP contribution in [0.25, 0.3) is 11.6 Å². The van der Waals surface area contributed by atoms with E-state index in [1.54, 1.807) is 12.1 Å². The maximum absolute atomic E-state index is 12.9. The van der Waals surface area contributed by atoms with E-state index >= 15 is 0 Å². The van der Waals surface area contributed by atoms with Crippen molar-refractivity contribution in [1.82, 2.24) is 4.90 Å². The molecule has 2 aromatic carbocycles. The van der Waals surface area contributed by atoms with E-state index in [9.17, 15) is 9.59 Å². The number of carbonyl (C=O) groups excluding carboxylic acids is 2. The Balaban J connectivity index is 1.62. The van der Waals surface area contributed by atoms with E-state index in [1.807, 2.05) is 24.3 Å². The Morgan fingerprint density at radius 1 is 1.13 bits per heavy atom. The van der Waals surface area contributed by atoms with Gasteiger partial charge in [0, 0.05) is 23.3 Å². The summed E-state index contributed by atoms with van der Waals surface area (Å²) in [6.07, 6.45) is 4.04. The fourth-order valence-corrected chi connectivity index (χ4v) is 4.89. The van der Waals surface area contributed by atoms with Crippen molar-refractivity contribution in [2.45, 2.75) is 32.9 Å². The zero-order valence-corrected chi connectivity index (χ0v) is 19.0. The second kappa shape index (κ2) is 7.64. The lowest BCUT2D eigenvalue weighted by molar-refractivity contribution is -0.123. The molecule has 2 amide bonds. The minimum atomic E-state index is -0.284.